The van der Waals surface area contributed by atoms with E-state index in [9.17, 15) is 4.79 Å². The number of thiocarbonyl (C=S) groups is 1. The van der Waals surface area contributed by atoms with Crippen LogP contribution in [0.5, 0.6) is 5.75 Å². The lowest BCUT2D eigenvalue weighted by molar-refractivity contribution is -0.114. The number of ether oxygens (including phenoxy) is 1. The second-order valence-corrected chi connectivity index (χ2v) is 7.11. The summed E-state index contributed by atoms with van der Waals surface area (Å²) < 4.78 is 7.56. The minimum absolute atomic E-state index is 0.00752. The van der Waals surface area contributed by atoms with E-state index in [0.29, 0.717) is 15.0 Å². The fourth-order valence-corrected chi connectivity index (χ4v) is 3.78. The van der Waals surface area contributed by atoms with Crippen molar-refractivity contribution in [3.63, 3.8) is 0 Å². The second-order valence-electron chi connectivity index (χ2n) is 5.44. The number of carbonyl (C=O) groups excluding carboxylic acids is 1. The number of aryl methyl sites for hydroxylation is 2. The molecule has 0 N–H and O–H groups in total. The van der Waals surface area contributed by atoms with E-state index < -0.39 is 0 Å². The predicted octanol–water partition coefficient (Wildman–Crippen LogP) is 3.54. The van der Waals surface area contributed by atoms with Crippen molar-refractivity contribution in [2.75, 3.05) is 11.6 Å². The van der Waals surface area contributed by atoms with Crippen LogP contribution < -0.4 is 9.75 Å². The zero-order valence-electron chi connectivity index (χ0n) is 13.7. The van der Waals surface area contributed by atoms with Crippen molar-refractivity contribution >= 4 is 40.3 Å². The average Bonchev–Trinajstić information content (AvgIpc) is 3.06. The number of nitriles is 1. The summed E-state index contributed by atoms with van der Waals surface area (Å²) in [6.07, 6.45) is 1.81. The maximum Gasteiger partial charge on any atom is 0.285 e. The Morgan fingerprint density at radius 1 is 1.20 bits per heavy atom. The molecule has 3 rings (SSSR count). The number of amides is 1. The van der Waals surface area contributed by atoms with Crippen LogP contribution in [0, 0.1) is 25.2 Å². The van der Waals surface area contributed by atoms with Gasteiger partial charge in [-0.2, -0.15) is 10.3 Å². The largest absolute Gasteiger partial charge is 0.479 e. The van der Waals surface area contributed by atoms with Crippen LogP contribution in [0.1, 0.15) is 17.0 Å². The summed E-state index contributed by atoms with van der Waals surface area (Å²) in [6, 6.07) is 13.0. The first-order valence-electron chi connectivity index (χ1n) is 7.54. The molecule has 0 bridgehead atoms. The van der Waals surface area contributed by atoms with Crippen molar-refractivity contribution in [3.8, 4) is 11.8 Å². The molecule has 0 aliphatic carbocycles. The lowest BCUT2D eigenvalue weighted by atomic mass is 10.2. The molecule has 25 heavy (non-hydrogen) atoms. The van der Waals surface area contributed by atoms with Crippen molar-refractivity contribution in [3.05, 3.63) is 58.3 Å². The Labute approximate surface area is 155 Å². The van der Waals surface area contributed by atoms with Crippen LogP contribution in [0.2, 0.25) is 0 Å². The number of nitrogens with zero attached hydrogens (tertiary/aromatic N) is 3. The van der Waals surface area contributed by atoms with Gasteiger partial charge < -0.3 is 4.74 Å². The summed E-state index contributed by atoms with van der Waals surface area (Å²) in [5, 5.41) is 10.1. The third-order valence-electron chi connectivity index (χ3n) is 3.69. The molecule has 126 valence electrons. The van der Waals surface area contributed by atoms with Gasteiger partial charge in [0.1, 0.15) is 11.8 Å². The van der Waals surface area contributed by atoms with Gasteiger partial charge in [0.15, 0.2) is 10.9 Å². The topological polar surface area (TPSA) is 58.3 Å². The van der Waals surface area contributed by atoms with E-state index in [4.69, 9.17) is 22.2 Å². The van der Waals surface area contributed by atoms with E-state index in [0.717, 1.165) is 17.0 Å². The summed E-state index contributed by atoms with van der Waals surface area (Å²) >= 11 is 6.69. The Morgan fingerprint density at radius 2 is 1.84 bits per heavy atom. The number of rotatable bonds is 4. The van der Waals surface area contributed by atoms with Crippen LogP contribution in [-0.2, 0) is 4.79 Å². The monoisotopic (exact) mass is 369 g/mol. The van der Waals surface area contributed by atoms with E-state index in [1.807, 2.05) is 54.9 Å². The van der Waals surface area contributed by atoms with Crippen molar-refractivity contribution in [1.29, 1.82) is 5.26 Å². The van der Waals surface area contributed by atoms with Gasteiger partial charge in [-0.05, 0) is 62.0 Å². The highest BCUT2D eigenvalue weighted by Crippen LogP contribution is 2.32. The molecule has 1 aliphatic rings. The van der Waals surface area contributed by atoms with E-state index >= 15 is 0 Å². The molecule has 2 heterocycles. The molecule has 1 fully saturated rings. The third-order valence-corrected chi connectivity index (χ3v) is 4.97. The fraction of sp³-hybridized carbons (Fsp3) is 0.167. The number of hydrogen-bond donors (Lipinski definition) is 0. The van der Waals surface area contributed by atoms with Gasteiger partial charge in [-0.1, -0.05) is 23.9 Å². The first kappa shape index (κ1) is 17.3. The molecular formula is C18H15N3O2S2. The normalized spacial score (nSPS) is 15.7. The quantitative estimate of drug-likeness (QED) is 0.609. The molecule has 0 spiro atoms. The minimum Gasteiger partial charge on any atom is -0.479 e. The molecule has 0 atom stereocenters. The Kier molecular flexibility index (Phi) is 4.93. The Hall–Kier alpha value is -2.56. The van der Waals surface area contributed by atoms with E-state index in [1.165, 1.54) is 16.8 Å². The highest BCUT2D eigenvalue weighted by Gasteiger charge is 2.34. The number of aromatic nitrogens is 1. The zero-order chi connectivity index (χ0) is 18.0. The number of benzene rings is 1. The Balaban J connectivity index is 1.84. The minimum atomic E-state index is -0.137. The Morgan fingerprint density at radius 3 is 2.44 bits per heavy atom. The summed E-state index contributed by atoms with van der Waals surface area (Å²) in [4.78, 5) is 13.4. The summed E-state index contributed by atoms with van der Waals surface area (Å²) in [7, 11) is 0. The highest BCUT2D eigenvalue weighted by atomic mass is 32.2. The lowest BCUT2D eigenvalue weighted by Crippen LogP contribution is -2.39. The summed E-state index contributed by atoms with van der Waals surface area (Å²) in [5.74, 6) is 0.479. The third kappa shape index (κ3) is 3.45. The van der Waals surface area contributed by atoms with Crippen LogP contribution in [-0.4, -0.2) is 21.5 Å². The van der Waals surface area contributed by atoms with Gasteiger partial charge >= 0.3 is 0 Å². The maximum absolute atomic E-state index is 12.8. The first-order valence-corrected chi connectivity index (χ1v) is 8.77. The van der Waals surface area contributed by atoms with Gasteiger partial charge in [0.05, 0.1) is 4.91 Å². The number of carbonyl (C=O) groups is 1. The van der Waals surface area contributed by atoms with E-state index in [1.54, 1.807) is 12.1 Å². The predicted molar refractivity (Wildman–Crippen MR) is 103 cm³/mol. The molecule has 1 saturated heterocycles. The molecule has 1 amide bonds. The van der Waals surface area contributed by atoms with Crippen molar-refractivity contribution in [2.45, 2.75) is 13.8 Å². The zero-order valence-corrected chi connectivity index (χ0v) is 15.4. The smallest absolute Gasteiger partial charge is 0.285 e. The molecule has 1 aromatic carbocycles. The van der Waals surface area contributed by atoms with Gasteiger partial charge in [0.25, 0.3) is 5.91 Å². The standard InChI is InChI=1S/C18H15N3O2S2/c1-12-3-4-13(2)20(12)21-17(22)16(25-18(21)24)11-14-5-7-15(8-6-14)23-10-9-19/h3-8,11H,10H2,1-2H3/b16-11-. The van der Waals surface area contributed by atoms with Gasteiger partial charge in [0.2, 0.25) is 0 Å². The van der Waals surface area contributed by atoms with Crippen molar-refractivity contribution in [1.82, 2.24) is 4.68 Å². The van der Waals surface area contributed by atoms with E-state index in [-0.39, 0.29) is 12.5 Å². The SMILES string of the molecule is Cc1ccc(C)n1N1C(=O)/C(=C/c2ccc(OCC#N)cc2)SC1=S. The molecule has 0 unspecified atom stereocenters. The van der Waals surface area contributed by atoms with Gasteiger partial charge in [0, 0.05) is 11.4 Å². The van der Waals surface area contributed by atoms with Crippen molar-refractivity contribution < 1.29 is 9.53 Å². The van der Waals surface area contributed by atoms with Crippen LogP contribution in [0.3, 0.4) is 0 Å². The van der Waals surface area contributed by atoms with Gasteiger partial charge in [-0.15, -0.1) is 0 Å². The molecule has 2 aromatic rings. The Bertz CT molecular complexity index is 888. The maximum atomic E-state index is 12.8. The van der Waals surface area contributed by atoms with Crippen LogP contribution in [0.4, 0.5) is 0 Å². The summed E-state index contributed by atoms with van der Waals surface area (Å²) in [6.45, 7) is 3.89. The number of hydrogen-bond acceptors (Lipinski definition) is 5. The van der Waals surface area contributed by atoms with E-state index in [2.05, 4.69) is 0 Å². The first-order chi connectivity index (χ1) is 12.0. The molecule has 1 aromatic heterocycles. The van der Waals surface area contributed by atoms with Gasteiger partial charge in [-0.3, -0.25) is 9.47 Å². The van der Waals surface area contributed by atoms with Crippen LogP contribution in [0.25, 0.3) is 6.08 Å². The summed E-state index contributed by atoms with van der Waals surface area (Å²) in [5.41, 5.74) is 2.77. The van der Waals surface area contributed by atoms with Crippen LogP contribution in [0.15, 0.2) is 41.3 Å². The average molecular weight is 369 g/mol. The number of thioether (sulfide) groups is 1. The molecular weight excluding hydrogens is 354 g/mol. The molecule has 5 nitrogen and oxygen atoms in total. The van der Waals surface area contributed by atoms with Crippen LogP contribution >= 0.6 is 24.0 Å². The molecule has 7 heteroatoms. The second kappa shape index (κ2) is 7.13. The molecule has 0 saturated carbocycles. The van der Waals surface area contributed by atoms with Gasteiger partial charge in [-0.25, -0.2) is 0 Å². The lowest BCUT2D eigenvalue weighted by Gasteiger charge is -2.20. The molecule has 0 radical (unpaired) electrons. The highest BCUT2D eigenvalue weighted by molar-refractivity contribution is 8.27. The fourth-order valence-electron chi connectivity index (χ4n) is 2.54. The van der Waals surface area contributed by atoms with Crippen molar-refractivity contribution in [2.24, 2.45) is 0 Å². The molecule has 1 aliphatic heterocycles.